The van der Waals surface area contributed by atoms with Crippen LogP contribution in [0.5, 0.6) is 0 Å². The van der Waals surface area contributed by atoms with E-state index in [4.69, 9.17) is 0 Å². The fourth-order valence-corrected chi connectivity index (χ4v) is 4.40. The number of hydrogen-bond acceptors (Lipinski definition) is 5. The minimum atomic E-state index is -5.00. The molecule has 2 unspecified atom stereocenters. The monoisotopic (exact) mass is 538 g/mol. The number of rotatable bonds is 8. The quantitative estimate of drug-likeness (QED) is 0.416. The second-order valence-corrected chi connectivity index (χ2v) is 10.5. The molecular weight excluding hydrogens is 512 g/mol. The number of pyridine rings is 1. The smallest absolute Gasteiger partial charge is 0.378 e. The van der Waals surface area contributed by atoms with Crippen molar-refractivity contribution in [2.75, 3.05) is 30.0 Å². The molecule has 2 aromatic carbocycles. The van der Waals surface area contributed by atoms with E-state index in [0.717, 1.165) is 24.6 Å². The minimum Gasteiger partial charge on any atom is -0.378 e. The number of nitrogens with one attached hydrogen (secondary N) is 2. The first-order valence-electron chi connectivity index (χ1n) is 11.0. The summed E-state index contributed by atoms with van der Waals surface area (Å²) in [6.07, 6.45) is -1.80. The molecule has 0 aliphatic carbocycles. The molecule has 0 aliphatic heterocycles. The number of sulfonamides is 1. The molecule has 0 radical (unpaired) electrons. The van der Waals surface area contributed by atoms with Crippen LogP contribution in [0.2, 0.25) is 0 Å². The van der Waals surface area contributed by atoms with E-state index in [1.807, 2.05) is 4.72 Å². The van der Waals surface area contributed by atoms with Gasteiger partial charge >= 0.3 is 6.18 Å². The van der Waals surface area contributed by atoms with E-state index in [0.29, 0.717) is 5.69 Å². The van der Waals surface area contributed by atoms with Gasteiger partial charge in [-0.05, 0) is 48.4 Å². The Kier molecular flexibility index (Phi) is 7.82. The highest BCUT2D eigenvalue weighted by Gasteiger charge is 2.59. The predicted molar refractivity (Wildman–Crippen MR) is 133 cm³/mol. The summed E-state index contributed by atoms with van der Waals surface area (Å²) in [5.41, 5.74) is -3.32. The molecule has 12 heteroatoms. The normalized spacial score (nSPS) is 14.4. The predicted octanol–water partition coefficient (Wildman–Crippen LogP) is 4.38. The summed E-state index contributed by atoms with van der Waals surface area (Å²) in [5, 5.41) is 2.18. The molecule has 2 N–H and O–H groups in total. The molecule has 2 atom stereocenters. The summed E-state index contributed by atoms with van der Waals surface area (Å²) in [6.45, 7) is 1.33. The third-order valence-corrected chi connectivity index (χ3v) is 6.40. The van der Waals surface area contributed by atoms with Gasteiger partial charge in [-0.1, -0.05) is 24.3 Å². The lowest BCUT2D eigenvalue weighted by Gasteiger charge is -2.38. The zero-order valence-corrected chi connectivity index (χ0v) is 21.3. The fourth-order valence-electron chi connectivity index (χ4n) is 3.84. The van der Waals surface area contributed by atoms with Gasteiger partial charge in [0.05, 0.1) is 17.9 Å². The number of benzene rings is 2. The van der Waals surface area contributed by atoms with E-state index in [-0.39, 0.29) is 22.4 Å². The first kappa shape index (κ1) is 27.9. The largest absolute Gasteiger partial charge is 0.420 e. The van der Waals surface area contributed by atoms with Gasteiger partial charge in [0, 0.05) is 37.7 Å². The number of carbonyl (C=O) groups excluding carboxylic acids is 1. The van der Waals surface area contributed by atoms with Crippen molar-refractivity contribution in [3.63, 3.8) is 0 Å². The lowest BCUT2D eigenvalue weighted by atomic mass is 9.81. The molecule has 0 aliphatic rings. The third-order valence-electron chi connectivity index (χ3n) is 5.81. The van der Waals surface area contributed by atoms with Crippen LogP contribution in [0.1, 0.15) is 29.5 Å². The number of alkyl halides is 3. The molecule has 0 fully saturated rings. The van der Waals surface area contributed by atoms with Gasteiger partial charge in [0.15, 0.2) is 5.54 Å². The molecule has 198 valence electrons. The van der Waals surface area contributed by atoms with Gasteiger partial charge in [0.2, 0.25) is 15.9 Å². The van der Waals surface area contributed by atoms with Crippen molar-refractivity contribution in [1.82, 2.24) is 10.3 Å². The van der Waals surface area contributed by atoms with Crippen LogP contribution in [0.15, 0.2) is 67.0 Å². The molecular formula is C25H26F4N4O3S. The SMILES string of the molecule is CC(C(=O)NC(c1cccnc1)(c1cccc(N(C)C)c1)C(F)(F)F)c1ccc(NS(C)(=O)=O)c(F)c1. The van der Waals surface area contributed by atoms with Gasteiger partial charge in [0.25, 0.3) is 0 Å². The topological polar surface area (TPSA) is 91.4 Å². The van der Waals surface area contributed by atoms with E-state index in [9.17, 15) is 30.8 Å². The van der Waals surface area contributed by atoms with Crippen LogP contribution in [0.4, 0.5) is 28.9 Å². The molecule has 7 nitrogen and oxygen atoms in total. The first-order valence-corrected chi connectivity index (χ1v) is 12.9. The Labute approximate surface area is 212 Å². The van der Waals surface area contributed by atoms with Gasteiger partial charge < -0.3 is 10.2 Å². The van der Waals surface area contributed by atoms with E-state index in [1.165, 1.54) is 49.5 Å². The molecule has 1 aromatic heterocycles. The Morgan fingerprint density at radius 2 is 1.70 bits per heavy atom. The van der Waals surface area contributed by atoms with E-state index in [2.05, 4.69) is 10.3 Å². The van der Waals surface area contributed by atoms with Crippen LogP contribution in [-0.4, -0.2) is 45.8 Å². The van der Waals surface area contributed by atoms with Crippen LogP contribution in [0.3, 0.4) is 0 Å². The highest BCUT2D eigenvalue weighted by Crippen LogP contribution is 2.45. The van der Waals surface area contributed by atoms with Gasteiger partial charge in [-0.25, -0.2) is 12.8 Å². The van der Waals surface area contributed by atoms with Crippen LogP contribution in [0.25, 0.3) is 0 Å². The zero-order valence-electron chi connectivity index (χ0n) is 20.5. The van der Waals surface area contributed by atoms with Crippen molar-refractivity contribution in [2.24, 2.45) is 0 Å². The average molecular weight is 539 g/mol. The summed E-state index contributed by atoms with van der Waals surface area (Å²) in [6, 6.07) is 11.5. The van der Waals surface area contributed by atoms with Crippen LogP contribution < -0.4 is 14.9 Å². The maximum atomic E-state index is 15.0. The van der Waals surface area contributed by atoms with Crippen LogP contribution in [-0.2, 0) is 20.4 Å². The molecule has 0 saturated carbocycles. The Morgan fingerprint density at radius 1 is 1.03 bits per heavy atom. The second kappa shape index (κ2) is 10.4. The number of nitrogens with zero attached hydrogens (tertiary/aromatic N) is 2. The molecule has 37 heavy (non-hydrogen) atoms. The van der Waals surface area contributed by atoms with Crippen molar-refractivity contribution >= 4 is 27.3 Å². The van der Waals surface area contributed by atoms with Gasteiger partial charge in [-0.2, -0.15) is 13.2 Å². The number of carbonyl (C=O) groups is 1. The van der Waals surface area contributed by atoms with Crippen molar-refractivity contribution in [1.29, 1.82) is 0 Å². The number of aromatic nitrogens is 1. The summed E-state index contributed by atoms with van der Waals surface area (Å²) in [7, 11) is -0.411. The second-order valence-electron chi connectivity index (χ2n) is 8.76. The lowest BCUT2D eigenvalue weighted by molar-refractivity contribution is -0.190. The standard InChI is InChI=1S/C25H26F4N4O3S/c1-16(17-10-11-22(21(26)13-17)32-37(4,35)36)23(34)31-24(25(27,28)29,19-8-6-12-30-15-19)18-7-5-9-20(14-18)33(2)3/h5-16,32H,1-4H3,(H,31,34). The number of hydrogen-bond donors (Lipinski definition) is 2. The molecule has 1 heterocycles. The number of anilines is 2. The summed E-state index contributed by atoms with van der Waals surface area (Å²) < 4.78 is 84.3. The zero-order chi connectivity index (χ0) is 27.6. The number of halogens is 4. The van der Waals surface area contributed by atoms with Crippen molar-refractivity contribution in [3.05, 3.63) is 89.5 Å². The molecule has 0 bridgehead atoms. The Bertz CT molecular complexity index is 1380. The van der Waals surface area contributed by atoms with Crippen LogP contribution in [0, 0.1) is 5.82 Å². The highest BCUT2D eigenvalue weighted by molar-refractivity contribution is 7.92. The minimum absolute atomic E-state index is 0.0540. The number of amides is 1. The first-order chi connectivity index (χ1) is 17.2. The Hall–Kier alpha value is -3.67. The molecule has 3 rings (SSSR count). The van der Waals surface area contributed by atoms with E-state index >= 15 is 0 Å². The van der Waals surface area contributed by atoms with Gasteiger partial charge in [0.1, 0.15) is 5.82 Å². The van der Waals surface area contributed by atoms with Crippen molar-refractivity contribution in [2.45, 2.75) is 24.6 Å². The summed E-state index contributed by atoms with van der Waals surface area (Å²) in [5.74, 6) is -3.23. The van der Waals surface area contributed by atoms with Gasteiger partial charge in [-0.3, -0.25) is 14.5 Å². The average Bonchev–Trinajstić information content (AvgIpc) is 2.82. The van der Waals surface area contributed by atoms with Crippen molar-refractivity contribution < 1.29 is 30.8 Å². The molecule has 0 spiro atoms. The van der Waals surface area contributed by atoms with E-state index < -0.39 is 39.4 Å². The lowest BCUT2D eigenvalue weighted by Crippen LogP contribution is -2.57. The van der Waals surface area contributed by atoms with E-state index in [1.54, 1.807) is 25.1 Å². The third kappa shape index (κ3) is 6.01. The Morgan fingerprint density at radius 3 is 2.24 bits per heavy atom. The highest BCUT2D eigenvalue weighted by atomic mass is 32.2. The summed E-state index contributed by atoms with van der Waals surface area (Å²) in [4.78, 5) is 18.8. The molecule has 1 amide bonds. The maximum absolute atomic E-state index is 15.0. The molecule has 3 aromatic rings. The van der Waals surface area contributed by atoms with Crippen LogP contribution >= 0.6 is 0 Å². The van der Waals surface area contributed by atoms with Gasteiger partial charge in [-0.15, -0.1) is 0 Å². The summed E-state index contributed by atoms with van der Waals surface area (Å²) >= 11 is 0. The maximum Gasteiger partial charge on any atom is 0.420 e. The Balaban J connectivity index is 2.10. The molecule has 0 saturated heterocycles. The fraction of sp³-hybridized carbons (Fsp3) is 0.280. The van der Waals surface area contributed by atoms with Crippen molar-refractivity contribution in [3.8, 4) is 0 Å².